The molecule has 0 aliphatic rings. The number of hydrogen-bond donors (Lipinski definition) is 2. The Bertz CT molecular complexity index is 229. The van der Waals surface area contributed by atoms with Gasteiger partial charge in [0.2, 0.25) is 5.91 Å². The number of ether oxygens (including phenoxy) is 3. The lowest BCUT2D eigenvalue weighted by Crippen LogP contribution is -2.30. The summed E-state index contributed by atoms with van der Waals surface area (Å²) < 4.78 is 15.5. The van der Waals surface area contributed by atoms with Crippen LogP contribution in [0.3, 0.4) is 0 Å². The number of nitrogens with two attached hydrogens (primary N) is 1. The summed E-state index contributed by atoms with van der Waals surface area (Å²) in [6.45, 7) is 9.40. The summed E-state index contributed by atoms with van der Waals surface area (Å²) in [6, 6.07) is 0. The third kappa shape index (κ3) is 15.3. The number of rotatable bonds is 11. The van der Waals surface area contributed by atoms with Crippen molar-refractivity contribution >= 4 is 5.91 Å². The number of nitrogens with one attached hydrogen (secondary N) is 1. The summed E-state index contributed by atoms with van der Waals surface area (Å²) >= 11 is 0. The first kappa shape index (κ1) is 18.3. The van der Waals surface area contributed by atoms with Crippen LogP contribution < -0.4 is 11.1 Å². The highest BCUT2D eigenvalue weighted by molar-refractivity contribution is 5.76. The molecule has 0 atom stereocenters. The fraction of sp³-hybridized carbons (Fsp3) is 0.923. The lowest BCUT2D eigenvalue weighted by Gasteiger charge is -2.17. The van der Waals surface area contributed by atoms with Gasteiger partial charge in [-0.2, -0.15) is 0 Å². The Balaban J connectivity index is 3.21. The summed E-state index contributed by atoms with van der Waals surface area (Å²) in [5, 5.41) is 2.82. The van der Waals surface area contributed by atoms with E-state index in [2.05, 4.69) is 5.32 Å². The van der Waals surface area contributed by atoms with Crippen LogP contribution in [0, 0.1) is 5.41 Å². The predicted octanol–water partition coefficient (Wildman–Crippen LogP) is 0.505. The summed E-state index contributed by atoms with van der Waals surface area (Å²) in [7, 11) is 0. The van der Waals surface area contributed by atoms with E-state index in [1.54, 1.807) is 0 Å². The molecular formula is C13H28N2O4. The van der Waals surface area contributed by atoms with Crippen molar-refractivity contribution in [3.05, 3.63) is 0 Å². The average molecular weight is 276 g/mol. The zero-order valence-electron chi connectivity index (χ0n) is 12.4. The van der Waals surface area contributed by atoms with E-state index in [-0.39, 0.29) is 18.1 Å². The standard InChI is InChI=1S/C13H28N2O4/c1-13(2,3)10-12(16)15-4-5-17-6-7-18-8-9-19-11-14/h4-11,14H2,1-3H3,(H,15,16). The van der Waals surface area contributed by atoms with E-state index in [0.29, 0.717) is 46.0 Å². The van der Waals surface area contributed by atoms with Crippen molar-refractivity contribution in [2.45, 2.75) is 27.2 Å². The molecule has 6 heteroatoms. The van der Waals surface area contributed by atoms with Crippen LogP contribution in [0.1, 0.15) is 27.2 Å². The molecule has 0 aliphatic heterocycles. The highest BCUT2D eigenvalue weighted by Crippen LogP contribution is 2.17. The monoisotopic (exact) mass is 276 g/mol. The van der Waals surface area contributed by atoms with Gasteiger partial charge in [-0.15, -0.1) is 0 Å². The lowest BCUT2D eigenvalue weighted by molar-refractivity contribution is -0.123. The molecule has 19 heavy (non-hydrogen) atoms. The molecule has 0 aromatic rings. The molecule has 6 nitrogen and oxygen atoms in total. The van der Waals surface area contributed by atoms with Gasteiger partial charge in [-0.25, -0.2) is 0 Å². The minimum Gasteiger partial charge on any atom is -0.377 e. The highest BCUT2D eigenvalue weighted by Gasteiger charge is 2.15. The van der Waals surface area contributed by atoms with Crippen LogP contribution in [0.4, 0.5) is 0 Å². The van der Waals surface area contributed by atoms with Gasteiger partial charge in [-0.05, 0) is 5.41 Å². The lowest BCUT2D eigenvalue weighted by atomic mass is 9.92. The van der Waals surface area contributed by atoms with Crippen molar-refractivity contribution in [2.75, 3.05) is 46.3 Å². The Morgan fingerprint density at radius 1 is 1.00 bits per heavy atom. The fourth-order valence-electron chi connectivity index (χ4n) is 1.33. The molecule has 0 aromatic heterocycles. The second kappa shape index (κ2) is 11.2. The molecule has 114 valence electrons. The van der Waals surface area contributed by atoms with Crippen molar-refractivity contribution in [2.24, 2.45) is 11.1 Å². The quantitative estimate of drug-likeness (QED) is 0.424. The second-order valence-corrected chi connectivity index (χ2v) is 5.39. The third-order valence-corrected chi connectivity index (χ3v) is 2.12. The van der Waals surface area contributed by atoms with Gasteiger partial charge in [-0.3, -0.25) is 4.79 Å². The summed E-state index contributed by atoms with van der Waals surface area (Å²) in [6.07, 6.45) is 0.525. The van der Waals surface area contributed by atoms with Gasteiger partial charge in [0, 0.05) is 13.0 Å². The largest absolute Gasteiger partial charge is 0.377 e. The van der Waals surface area contributed by atoms with Crippen LogP contribution in [0.5, 0.6) is 0 Å². The molecule has 0 aromatic carbocycles. The highest BCUT2D eigenvalue weighted by atomic mass is 16.5. The Labute approximate surface area is 116 Å². The second-order valence-electron chi connectivity index (χ2n) is 5.39. The maximum atomic E-state index is 11.5. The van der Waals surface area contributed by atoms with Gasteiger partial charge in [0.1, 0.15) is 0 Å². The number of amides is 1. The molecule has 0 bridgehead atoms. The predicted molar refractivity (Wildman–Crippen MR) is 73.7 cm³/mol. The van der Waals surface area contributed by atoms with Gasteiger partial charge in [-0.1, -0.05) is 20.8 Å². The maximum Gasteiger partial charge on any atom is 0.220 e. The zero-order valence-corrected chi connectivity index (χ0v) is 12.4. The van der Waals surface area contributed by atoms with Crippen molar-refractivity contribution in [3.8, 4) is 0 Å². The molecule has 0 rings (SSSR count). The minimum atomic E-state index is 0.0182. The molecule has 0 saturated carbocycles. The van der Waals surface area contributed by atoms with E-state index in [4.69, 9.17) is 19.9 Å². The molecule has 0 saturated heterocycles. The van der Waals surface area contributed by atoms with Crippen LogP contribution in [-0.2, 0) is 19.0 Å². The fourth-order valence-corrected chi connectivity index (χ4v) is 1.33. The smallest absolute Gasteiger partial charge is 0.220 e. The van der Waals surface area contributed by atoms with E-state index < -0.39 is 0 Å². The summed E-state index contributed by atoms with van der Waals surface area (Å²) in [5.74, 6) is 0.0614. The maximum absolute atomic E-state index is 11.5. The molecule has 0 spiro atoms. The number of hydrogen-bond acceptors (Lipinski definition) is 5. The Kier molecular flexibility index (Phi) is 10.8. The van der Waals surface area contributed by atoms with Gasteiger partial charge < -0.3 is 25.3 Å². The molecule has 3 N–H and O–H groups in total. The molecule has 0 radical (unpaired) electrons. The van der Waals surface area contributed by atoms with E-state index in [9.17, 15) is 4.79 Å². The van der Waals surface area contributed by atoms with Crippen LogP contribution in [0.2, 0.25) is 0 Å². The third-order valence-electron chi connectivity index (χ3n) is 2.12. The Morgan fingerprint density at radius 3 is 2.05 bits per heavy atom. The summed E-state index contributed by atoms with van der Waals surface area (Å²) in [5.41, 5.74) is 5.17. The van der Waals surface area contributed by atoms with Crippen molar-refractivity contribution in [3.63, 3.8) is 0 Å². The van der Waals surface area contributed by atoms with Gasteiger partial charge in [0.05, 0.1) is 39.8 Å². The Hall–Kier alpha value is -0.690. The molecule has 0 unspecified atom stereocenters. The van der Waals surface area contributed by atoms with Gasteiger partial charge in [0.15, 0.2) is 0 Å². The topological polar surface area (TPSA) is 82.8 Å². The first-order valence-corrected chi connectivity index (χ1v) is 6.66. The molecule has 1 amide bonds. The van der Waals surface area contributed by atoms with Crippen molar-refractivity contribution in [1.29, 1.82) is 0 Å². The molecule has 0 heterocycles. The number of carbonyl (C=O) groups is 1. The number of carbonyl (C=O) groups excluding carboxylic acids is 1. The van der Waals surface area contributed by atoms with Crippen molar-refractivity contribution in [1.82, 2.24) is 5.32 Å². The SMILES string of the molecule is CC(C)(C)CC(=O)NCCOCCOCCOCN. The zero-order chi connectivity index (χ0) is 14.6. The minimum absolute atomic E-state index is 0.0182. The van der Waals surface area contributed by atoms with Gasteiger partial charge >= 0.3 is 0 Å². The van der Waals surface area contributed by atoms with E-state index in [0.717, 1.165) is 0 Å². The molecule has 0 fully saturated rings. The average Bonchev–Trinajstić information content (AvgIpc) is 2.29. The van der Waals surface area contributed by atoms with Crippen LogP contribution in [0.15, 0.2) is 0 Å². The van der Waals surface area contributed by atoms with Gasteiger partial charge in [0.25, 0.3) is 0 Å². The van der Waals surface area contributed by atoms with E-state index in [1.807, 2.05) is 20.8 Å². The van der Waals surface area contributed by atoms with Crippen LogP contribution >= 0.6 is 0 Å². The molecular weight excluding hydrogens is 248 g/mol. The Morgan fingerprint density at radius 2 is 1.53 bits per heavy atom. The summed E-state index contributed by atoms with van der Waals surface area (Å²) in [4.78, 5) is 11.5. The first-order valence-electron chi connectivity index (χ1n) is 6.66. The normalized spacial score (nSPS) is 11.6. The van der Waals surface area contributed by atoms with Crippen LogP contribution in [0.25, 0.3) is 0 Å². The van der Waals surface area contributed by atoms with Crippen LogP contribution in [-0.4, -0.2) is 52.2 Å². The molecule has 0 aliphatic carbocycles. The van der Waals surface area contributed by atoms with Crippen molar-refractivity contribution < 1.29 is 19.0 Å². The van der Waals surface area contributed by atoms with E-state index >= 15 is 0 Å². The first-order chi connectivity index (χ1) is 8.95. The van der Waals surface area contributed by atoms with E-state index in [1.165, 1.54) is 0 Å².